The maximum atomic E-state index is 13.9. The minimum Gasteiger partial charge on any atom is -0.497 e. The van der Waals surface area contributed by atoms with Gasteiger partial charge in [0, 0.05) is 31.3 Å². The van der Waals surface area contributed by atoms with E-state index in [-0.39, 0.29) is 29.5 Å². The van der Waals surface area contributed by atoms with Gasteiger partial charge in [-0.25, -0.2) is 4.68 Å². The molecule has 1 amide bonds. The second kappa shape index (κ2) is 8.62. The lowest BCUT2D eigenvalue weighted by Gasteiger charge is -2.33. The first-order chi connectivity index (χ1) is 15.6. The molecule has 1 aliphatic heterocycles. The van der Waals surface area contributed by atoms with Crippen LogP contribution in [0.4, 0.5) is 19.0 Å². The van der Waals surface area contributed by atoms with Crippen molar-refractivity contribution in [1.82, 2.24) is 24.9 Å². The van der Waals surface area contributed by atoms with Crippen molar-refractivity contribution in [2.45, 2.75) is 38.1 Å². The van der Waals surface area contributed by atoms with E-state index in [0.29, 0.717) is 11.3 Å². The van der Waals surface area contributed by atoms with E-state index in [4.69, 9.17) is 16.3 Å². The van der Waals surface area contributed by atoms with E-state index in [1.807, 2.05) is 6.92 Å². The molecule has 2 aromatic heterocycles. The van der Waals surface area contributed by atoms with Crippen LogP contribution >= 0.6 is 11.6 Å². The number of halogens is 4. The molecule has 0 radical (unpaired) electrons. The Hall–Kier alpha value is -3.21. The van der Waals surface area contributed by atoms with Gasteiger partial charge in [0.15, 0.2) is 11.7 Å². The fourth-order valence-electron chi connectivity index (χ4n) is 3.77. The van der Waals surface area contributed by atoms with Crippen LogP contribution in [-0.2, 0) is 13.6 Å². The highest BCUT2D eigenvalue weighted by molar-refractivity contribution is 6.36. The summed E-state index contributed by atoms with van der Waals surface area (Å²) in [6.07, 6.45) is -3.29. The van der Waals surface area contributed by atoms with Crippen LogP contribution in [0.15, 0.2) is 30.5 Å². The second-order valence-electron chi connectivity index (χ2n) is 7.78. The number of benzene rings is 1. The summed E-state index contributed by atoms with van der Waals surface area (Å²) in [5.74, 6) is -0.129. The van der Waals surface area contributed by atoms with Crippen LogP contribution in [0.3, 0.4) is 0 Å². The van der Waals surface area contributed by atoms with Crippen LogP contribution < -0.4 is 15.4 Å². The molecule has 12 heteroatoms. The zero-order chi connectivity index (χ0) is 23.9. The van der Waals surface area contributed by atoms with Crippen molar-refractivity contribution >= 4 is 23.3 Å². The first-order valence-corrected chi connectivity index (χ1v) is 10.5. The monoisotopic (exact) mass is 482 g/mol. The van der Waals surface area contributed by atoms with E-state index in [1.165, 1.54) is 7.11 Å². The lowest BCUT2D eigenvalue weighted by molar-refractivity contribution is -0.173. The van der Waals surface area contributed by atoms with Crippen molar-refractivity contribution in [3.05, 3.63) is 58.0 Å². The van der Waals surface area contributed by atoms with Crippen molar-refractivity contribution < 1.29 is 22.7 Å². The molecule has 0 fully saturated rings. The van der Waals surface area contributed by atoms with Gasteiger partial charge < -0.3 is 15.4 Å². The van der Waals surface area contributed by atoms with Gasteiger partial charge in [-0.3, -0.25) is 9.48 Å². The Labute approximate surface area is 192 Å². The summed E-state index contributed by atoms with van der Waals surface area (Å²) in [5.41, 5.74) is 1.99. The molecule has 3 heterocycles. The van der Waals surface area contributed by atoms with Gasteiger partial charge in [0.25, 0.3) is 5.91 Å². The van der Waals surface area contributed by atoms with Crippen LogP contribution in [-0.4, -0.2) is 38.8 Å². The van der Waals surface area contributed by atoms with E-state index in [0.717, 1.165) is 15.9 Å². The molecule has 8 nitrogen and oxygen atoms in total. The molecule has 1 aromatic carbocycles. The molecule has 4 rings (SSSR count). The number of hydrogen-bond acceptors (Lipinski definition) is 5. The Morgan fingerprint density at radius 2 is 2.03 bits per heavy atom. The smallest absolute Gasteiger partial charge is 0.410 e. The number of alkyl halides is 3. The molecular formula is C21H22ClF3N6O2. The molecule has 176 valence electrons. The highest BCUT2D eigenvalue weighted by Crippen LogP contribution is 2.46. The van der Waals surface area contributed by atoms with Crippen LogP contribution in [0.1, 0.15) is 45.8 Å². The third-order valence-corrected chi connectivity index (χ3v) is 6.16. The Balaban J connectivity index is 1.62. The predicted octanol–water partition coefficient (Wildman–Crippen LogP) is 4.18. The number of ether oxygens (including phenoxy) is 1. The molecule has 0 aliphatic carbocycles. The molecule has 0 saturated carbocycles. The largest absolute Gasteiger partial charge is 0.497 e. The van der Waals surface area contributed by atoms with Crippen molar-refractivity contribution in [2.75, 3.05) is 12.4 Å². The zero-order valence-electron chi connectivity index (χ0n) is 18.1. The van der Waals surface area contributed by atoms with Crippen molar-refractivity contribution in [2.24, 2.45) is 7.05 Å². The zero-order valence-corrected chi connectivity index (χ0v) is 18.8. The van der Waals surface area contributed by atoms with Crippen LogP contribution in [0.5, 0.6) is 5.75 Å². The predicted molar refractivity (Wildman–Crippen MR) is 115 cm³/mol. The molecule has 0 saturated heterocycles. The van der Waals surface area contributed by atoms with Crippen LogP contribution in [0.2, 0.25) is 5.02 Å². The summed E-state index contributed by atoms with van der Waals surface area (Å²) in [4.78, 5) is 12.7. The van der Waals surface area contributed by atoms with Gasteiger partial charge in [0.05, 0.1) is 19.3 Å². The molecule has 2 atom stereocenters. The van der Waals surface area contributed by atoms with Crippen molar-refractivity contribution in [3.8, 4) is 5.75 Å². The molecular weight excluding hydrogens is 461 g/mol. The van der Waals surface area contributed by atoms with Crippen molar-refractivity contribution in [3.63, 3.8) is 0 Å². The van der Waals surface area contributed by atoms with E-state index >= 15 is 0 Å². The molecule has 33 heavy (non-hydrogen) atoms. The Bertz CT molecular complexity index is 1170. The molecule has 2 N–H and O–H groups in total. The third kappa shape index (κ3) is 4.37. The highest BCUT2D eigenvalue weighted by Gasteiger charge is 2.47. The minimum absolute atomic E-state index is 0.0474. The summed E-state index contributed by atoms with van der Waals surface area (Å²) in [6, 6.07) is 4.10. The summed E-state index contributed by atoms with van der Waals surface area (Å²) in [7, 11) is 3.28. The summed E-state index contributed by atoms with van der Waals surface area (Å²) in [5, 5.41) is 13.5. The third-order valence-electron chi connectivity index (χ3n) is 5.81. The normalized spacial score (nSPS) is 17.9. The van der Waals surface area contributed by atoms with Gasteiger partial charge in [-0.15, -0.1) is 0 Å². The number of hydrogen-bond donors (Lipinski definition) is 2. The topological polar surface area (TPSA) is 86.0 Å². The average molecular weight is 483 g/mol. The summed E-state index contributed by atoms with van der Waals surface area (Å²) < 4.78 is 49.3. The molecule has 0 unspecified atom stereocenters. The van der Waals surface area contributed by atoms with E-state index in [1.54, 1.807) is 42.2 Å². The van der Waals surface area contributed by atoms with Gasteiger partial charge in [-0.05, 0) is 24.6 Å². The number of carbonyl (C=O) groups is 1. The standard InChI is InChI=1S/C21H22ClF3N6O2/c1-11-13(10-27-30(11)2)9-26-20(32)18-17(22)19-28-15(12-4-6-14(33-3)7-5-12)8-16(21(23,24)25)31(19)29-18/h4-7,10,15-16,28H,8-9H2,1-3H3,(H,26,32)/t15-,16-/m0/s1. The van der Waals surface area contributed by atoms with Crippen LogP contribution in [0.25, 0.3) is 0 Å². The van der Waals surface area contributed by atoms with Crippen molar-refractivity contribution in [1.29, 1.82) is 0 Å². The molecule has 0 bridgehead atoms. The molecule has 0 spiro atoms. The Morgan fingerprint density at radius 1 is 1.33 bits per heavy atom. The van der Waals surface area contributed by atoms with Crippen LogP contribution in [0, 0.1) is 6.92 Å². The van der Waals surface area contributed by atoms with E-state index in [2.05, 4.69) is 20.8 Å². The number of aromatic nitrogens is 4. The van der Waals surface area contributed by atoms with E-state index < -0.39 is 24.2 Å². The summed E-state index contributed by atoms with van der Waals surface area (Å²) >= 11 is 6.36. The number of rotatable bonds is 5. The number of nitrogens with one attached hydrogen (secondary N) is 2. The minimum atomic E-state index is -4.59. The molecule has 3 aromatic rings. The maximum absolute atomic E-state index is 13.9. The lowest BCUT2D eigenvalue weighted by Crippen LogP contribution is -2.35. The first kappa shape index (κ1) is 23.0. The van der Waals surface area contributed by atoms with Gasteiger partial charge in [-0.2, -0.15) is 23.4 Å². The highest BCUT2D eigenvalue weighted by atomic mass is 35.5. The summed E-state index contributed by atoms with van der Waals surface area (Å²) in [6.45, 7) is 1.98. The Morgan fingerprint density at radius 3 is 2.61 bits per heavy atom. The number of methoxy groups -OCH3 is 1. The number of anilines is 1. The maximum Gasteiger partial charge on any atom is 0.410 e. The van der Waals surface area contributed by atoms with Gasteiger partial charge in [0.1, 0.15) is 16.6 Å². The SMILES string of the molecule is COc1ccc([C@@H]2C[C@@H](C(F)(F)F)n3nc(C(=O)NCc4cnn(C)c4C)c(Cl)c3N2)cc1. The number of carbonyl (C=O) groups excluding carboxylic acids is 1. The van der Waals surface area contributed by atoms with Gasteiger partial charge in [-0.1, -0.05) is 23.7 Å². The number of nitrogens with zero attached hydrogens (tertiary/aromatic N) is 4. The van der Waals surface area contributed by atoms with E-state index in [9.17, 15) is 18.0 Å². The lowest BCUT2D eigenvalue weighted by atomic mass is 9.97. The fraction of sp³-hybridized carbons (Fsp3) is 0.381. The fourth-order valence-corrected chi connectivity index (χ4v) is 4.03. The second-order valence-corrected chi connectivity index (χ2v) is 8.16. The average Bonchev–Trinajstić information content (AvgIpc) is 3.30. The van der Waals surface area contributed by atoms with Gasteiger partial charge >= 0.3 is 6.18 Å². The number of aryl methyl sites for hydroxylation is 1. The van der Waals surface area contributed by atoms with Gasteiger partial charge in [0.2, 0.25) is 0 Å². The quantitative estimate of drug-likeness (QED) is 0.570. The Kier molecular flexibility index (Phi) is 6.00. The number of fused-ring (bicyclic) bond motifs is 1. The number of amides is 1. The molecule has 1 aliphatic rings. The first-order valence-electron chi connectivity index (χ1n) is 10.1.